The van der Waals surface area contributed by atoms with Crippen LogP contribution in [0.15, 0.2) is 36.4 Å². The molecule has 0 heterocycles. The van der Waals surface area contributed by atoms with Crippen molar-refractivity contribution in [2.24, 2.45) is 5.92 Å². The lowest BCUT2D eigenvalue weighted by molar-refractivity contribution is 0.0944. The monoisotopic (exact) mass is 414 g/mol. The Kier molecular flexibility index (Phi) is 7.15. The number of methoxy groups -OCH3 is 1. The molecule has 5 nitrogen and oxygen atoms in total. The number of benzene rings is 2. The fourth-order valence-corrected chi connectivity index (χ4v) is 3.98. The topological polar surface area (TPSA) is 67.4 Å². The largest absolute Gasteiger partial charge is 0.496 e. The summed E-state index contributed by atoms with van der Waals surface area (Å²) in [6.45, 7) is 2.47. The van der Waals surface area contributed by atoms with Gasteiger partial charge >= 0.3 is 0 Å². The van der Waals surface area contributed by atoms with Gasteiger partial charge in [0.1, 0.15) is 5.75 Å². The van der Waals surface area contributed by atoms with Crippen molar-refractivity contribution in [2.75, 3.05) is 19.0 Å². The number of halogens is 1. The van der Waals surface area contributed by atoms with Crippen molar-refractivity contribution in [3.8, 4) is 5.75 Å². The quantitative estimate of drug-likeness (QED) is 0.680. The first-order valence-electron chi connectivity index (χ1n) is 10.0. The lowest BCUT2D eigenvalue weighted by Gasteiger charge is -2.22. The van der Waals surface area contributed by atoms with Gasteiger partial charge in [0.15, 0.2) is 0 Å². The highest BCUT2D eigenvalue weighted by Crippen LogP contribution is 2.26. The number of ether oxygens (including phenoxy) is 1. The number of anilines is 1. The summed E-state index contributed by atoms with van der Waals surface area (Å²) in [5, 5.41) is 6.31. The second-order valence-corrected chi connectivity index (χ2v) is 7.93. The Morgan fingerprint density at radius 1 is 1.07 bits per heavy atom. The Balaban J connectivity index is 1.76. The van der Waals surface area contributed by atoms with Crippen LogP contribution in [0.5, 0.6) is 5.75 Å². The van der Waals surface area contributed by atoms with Gasteiger partial charge in [-0.25, -0.2) is 0 Å². The Morgan fingerprint density at radius 2 is 1.83 bits per heavy atom. The third-order valence-electron chi connectivity index (χ3n) is 5.50. The standard InChI is InChI=1S/C23H27ClN2O3/c1-15-18(9-6-10-21(15)29-2)23(28)26-20-12-11-17(24)13-19(20)22(27)25-14-16-7-4-3-5-8-16/h6,9-13,16H,3-5,7-8,14H2,1-2H3,(H,25,27)(H,26,28). The SMILES string of the molecule is COc1cccc(C(=O)Nc2ccc(Cl)cc2C(=O)NCC2CCCCC2)c1C. The number of carbonyl (C=O) groups excluding carboxylic acids is 2. The predicted molar refractivity (Wildman–Crippen MR) is 116 cm³/mol. The smallest absolute Gasteiger partial charge is 0.256 e. The lowest BCUT2D eigenvalue weighted by Crippen LogP contribution is -2.31. The Bertz CT molecular complexity index is 892. The van der Waals surface area contributed by atoms with Crippen LogP contribution < -0.4 is 15.4 Å². The number of nitrogens with one attached hydrogen (secondary N) is 2. The van der Waals surface area contributed by atoms with Gasteiger partial charge in [-0.15, -0.1) is 0 Å². The molecule has 0 aliphatic heterocycles. The van der Waals surface area contributed by atoms with E-state index in [2.05, 4.69) is 10.6 Å². The predicted octanol–water partition coefficient (Wildman–Crippen LogP) is 5.22. The summed E-state index contributed by atoms with van der Waals surface area (Å²) in [6, 6.07) is 10.2. The minimum Gasteiger partial charge on any atom is -0.496 e. The van der Waals surface area contributed by atoms with Crippen molar-refractivity contribution >= 4 is 29.1 Å². The summed E-state index contributed by atoms with van der Waals surface area (Å²) in [5.74, 6) is 0.629. The van der Waals surface area contributed by atoms with E-state index < -0.39 is 0 Å². The average Bonchev–Trinajstić information content (AvgIpc) is 2.74. The second kappa shape index (κ2) is 9.79. The second-order valence-electron chi connectivity index (χ2n) is 7.49. The first-order chi connectivity index (χ1) is 14.0. The summed E-state index contributed by atoms with van der Waals surface area (Å²) >= 11 is 6.12. The van der Waals surface area contributed by atoms with Gasteiger partial charge in [-0.2, -0.15) is 0 Å². The van der Waals surface area contributed by atoms with Crippen LogP contribution >= 0.6 is 11.6 Å². The van der Waals surface area contributed by atoms with E-state index in [-0.39, 0.29) is 11.8 Å². The molecule has 1 saturated carbocycles. The molecule has 0 aromatic heterocycles. The minimum absolute atomic E-state index is 0.226. The maximum absolute atomic E-state index is 12.8. The molecule has 0 spiro atoms. The van der Waals surface area contributed by atoms with Crippen LogP contribution in [0.4, 0.5) is 5.69 Å². The molecule has 1 aliphatic carbocycles. The molecule has 2 amide bonds. The summed E-state index contributed by atoms with van der Waals surface area (Å²) in [5.41, 5.74) is 2.03. The van der Waals surface area contributed by atoms with E-state index in [1.165, 1.54) is 19.3 Å². The van der Waals surface area contributed by atoms with Crippen molar-refractivity contribution in [1.82, 2.24) is 5.32 Å². The zero-order chi connectivity index (χ0) is 20.8. The van der Waals surface area contributed by atoms with E-state index in [1.54, 1.807) is 43.5 Å². The molecule has 0 bridgehead atoms. The van der Waals surface area contributed by atoms with E-state index in [4.69, 9.17) is 16.3 Å². The van der Waals surface area contributed by atoms with E-state index >= 15 is 0 Å². The van der Waals surface area contributed by atoms with Crippen LogP contribution in [0.25, 0.3) is 0 Å². The summed E-state index contributed by atoms with van der Waals surface area (Å²) in [7, 11) is 1.57. The molecule has 2 N–H and O–H groups in total. The molecule has 2 aromatic rings. The Morgan fingerprint density at radius 3 is 2.55 bits per heavy atom. The molecule has 154 valence electrons. The van der Waals surface area contributed by atoms with Crippen LogP contribution in [0.2, 0.25) is 5.02 Å². The highest BCUT2D eigenvalue weighted by atomic mass is 35.5. The molecule has 29 heavy (non-hydrogen) atoms. The van der Waals surface area contributed by atoms with Gasteiger partial charge in [0, 0.05) is 22.7 Å². The third-order valence-corrected chi connectivity index (χ3v) is 5.73. The molecule has 3 rings (SSSR count). The van der Waals surface area contributed by atoms with Crippen molar-refractivity contribution in [2.45, 2.75) is 39.0 Å². The van der Waals surface area contributed by atoms with Crippen LogP contribution in [0.1, 0.15) is 58.4 Å². The molecule has 0 saturated heterocycles. The normalized spacial score (nSPS) is 14.3. The average molecular weight is 415 g/mol. The number of hydrogen-bond donors (Lipinski definition) is 2. The Hall–Kier alpha value is -2.53. The molecule has 1 aliphatic rings. The highest BCUT2D eigenvalue weighted by Gasteiger charge is 2.19. The van der Waals surface area contributed by atoms with Crippen LogP contribution in [-0.4, -0.2) is 25.5 Å². The first kappa shape index (κ1) is 21.2. The van der Waals surface area contributed by atoms with Gasteiger partial charge in [-0.05, 0) is 56.0 Å². The number of carbonyl (C=O) groups is 2. The maximum atomic E-state index is 12.8. The fraction of sp³-hybridized carbons (Fsp3) is 0.391. The zero-order valence-electron chi connectivity index (χ0n) is 16.9. The van der Waals surface area contributed by atoms with Gasteiger partial charge in [-0.1, -0.05) is 36.9 Å². The maximum Gasteiger partial charge on any atom is 0.256 e. The van der Waals surface area contributed by atoms with Crippen LogP contribution in [0.3, 0.4) is 0 Å². The van der Waals surface area contributed by atoms with Gasteiger partial charge in [0.25, 0.3) is 11.8 Å². The lowest BCUT2D eigenvalue weighted by atomic mass is 9.89. The van der Waals surface area contributed by atoms with Crippen molar-refractivity contribution in [3.63, 3.8) is 0 Å². The van der Waals surface area contributed by atoms with E-state index in [0.717, 1.165) is 18.4 Å². The van der Waals surface area contributed by atoms with Gasteiger partial charge in [0.2, 0.25) is 0 Å². The number of rotatable bonds is 6. The molecule has 6 heteroatoms. The molecule has 0 radical (unpaired) electrons. The van der Waals surface area contributed by atoms with Crippen molar-refractivity contribution in [1.29, 1.82) is 0 Å². The molecule has 0 atom stereocenters. The van der Waals surface area contributed by atoms with Gasteiger partial charge < -0.3 is 15.4 Å². The van der Waals surface area contributed by atoms with Crippen LogP contribution in [0, 0.1) is 12.8 Å². The Labute approximate surface area is 176 Å². The van der Waals surface area contributed by atoms with Gasteiger partial charge in [-0.3, -0.25) is 9.59 Å². The first-order valence-corrected chi connectivity index (χ1v) is 10.4. The van der Waals surface area contributed by atoms with E-state index in [1.807, 2.05) is 6.92 Å². The molecule has 1 fully saturated rings. The summed E-state index contributed by atoms with van der Waals surface area (Å²) < 4.78 is 5.29. The van der Waals surface area contributed by atoms with E-state index in [0.29, 0.717) is 40.0 Å². The molecule has 2 aromatic carbocycles. The zero-order valence-corrected chi connectivity index (χ0v) is 17.6. The van der Waals surface area contributed by atoms with Crippen LogP contribution in [-0.2, 0) is 0 Å². The van der Waals surface area contributed by atoms with E-state index in [9.17, 15) is 9.59 Å². The van der Waals surface area contributed by atoms with Crippen molar-refractivity contribution < 1.29 is 14.3 Å². The number of amides is 2. The molecular formula is C23H27ClN2O3. The third kappa shape index (κ3) is 5.30. The van der Waals surface area contributed by atoms with Gasteiger partial charge in [0.05, 0.1) is 18.4 Å². The summed E-state index contributed by atoms with van der Waals surface area (Å²) in [6.07, 6.45) is 6.01. The minimum atomic E-state index is -0.301. The highest BCUT2D eigenvalue weighted by molar-refractivity contribution is 6.31. The summed E-state index contributed by atoms with van der Waals surface area (Å²) in [4.78, 5) is 25.6. The molecular weight excluding hydrogens is 388 g/mol. The fourth-order valence-electron chi connectivity index (χ4n) is 3.81. The van der Waals surface area contributed by atoms with Crippen molar-refractivity contribution in [3.05, 3.63) is 58.1 Å². The number of hydrogen-bond acceptors (Lipinski definition) is 3. The molecule has 0 unspecified atom stereocenters.